The van der Waals surface area contributed by atoms with Crippen molar-refractivity contribution in [3.8, 4) is 11.3 Å². The quantitative estimate of drug-likeness (QED) is 0.181. The average Bonchev–Trinajstić information content (AvgIpc) is 3.49. The van der Waals surface area contributed by atoms with Gasteiger partial charge in [0.25, 0.3) is 0 Å². The molecule has 41 heavy (non-hydrogen) atoms. The number of thiazole rings is 1. The number of carbonyl (C=O) groups is 2. The first-order valence-electron chi connectivity index (χ1n) is 14.0. The van der Waals surface area contributed by atoms with Gasteiger partial charge >= 0.3 is 0 Å². The van der Waals surface area contributed by atoms with E-state index in [1.165, 1.54) is 34.9 Å². The summed E-state index contributed by atoms with van der Waals surface area (Å²) in [5.74, 6) is 0.0353. The van der Waals surface area contributed by atoms with Crippen molar-refractivity contribution in [2.45, 2.75) is 42.2 Å². The summed E-state index contributed by atoms with van der Waals surface area (Å²) in [5.41, 5.74) is 3.51. The molecule has 6 rings (SSSR count). The number of amides is 2. The Labute approximate surface area is 248 Å². The van der Waals surface area contributed by atoms with Gasteiger partial charge in [-0.3, -0.25) is 9.59 Å². The van der Waals surface area contributed by atoms with Gasteiger partial charge in [0.05, 0.1) is 5.69 Å². The van der Waals surface area contributed by atoms with Crippen molar-refractivity contribution in [2.75, 3.05) is 10.6 Å². The predicted molar refractivity (Wildman–Crippen MR) is 170 cm³/mol. The van der Waals surface area contributed by atoms with Crippen molar-refractivity contribution < 1.29 is 9.59 Å². The van der Waals surface area contributed by atoms with Gasteiger partial charge in [-0.2, -0.15) is 0 Å². The van der Waals surface area contributed by atoms with E-state index in [1.807, 2.05) is 72.1 Å². The monoisotopic (exact) mass is 577 g/mol. The number of nitrogens with zero attached hydrogens (tertiary/aromatic N) is 1. The normalized spacial score (nSPS) is 14.4. The molecule has 0 bridgehead atoms. The molecule has 1 aliphatic carbocycles. The van der Waals surface area contributed by atoms with Crippen LogP contribution < -0.4 is 10.6 Å². The second-order valence-electron chi connectivity index (χ2n) is 10.3. The number of benzene rings is 4. The van der Waals surface area contributed by atoms with E-state index in [4.69, 9.17) is 4.98 Å². The number of nitrogens with one attached hydrogen (secondary N) is 2. The van der Waals surface area contributed by atoms with Gasteiger partial charge in [-0.05, 0) is 53.4 Å². The predicted octanol–water partition coefficient (Wildman–Crippen LogP) is 8.95. The number of hydrogen-bond donors (Lipinski definition) is 2. The van der Waals surface area contributed by atoms with E-state index >= 15 is 0 Å². The van der Waals surface area contributed by atoms with Crippen LogP contribution in [0.15, 0.2) is 107 Å². The smallest absolute Gasteiger partial charge is 0.244 e. The number of hydrogen-bond acceptors (Lipinski definition) is 5. The average molecular weight is 578 g/mol. The molecular formula is C34H31N3O2S2. The lowest BCUT2D eigenvalue weighted by atomic mass is 9.88. The molecule has 0 radical (unpaired) electrons. The first-order valence-corrected chi connectivity index (χ1v) is 15.8. The maximum atomic E-state index is 13.7. The highest BCUT2D eigenvalue weighted by atomic mass is 32.2. The summed E-state index contributed by atoms with van der Waals surface area (Å²) in [5, 5.41) is 10.5. The topological polar surface area (TPSA) is 71.1 Å². The van der Waals surface area contributed by atoms with Crippen LogP contribution in [0.1, 0.15) is 42.9 Å². The molecule has 5 aromatic rings. The van der Waals surface area contributed by atoms with Crippen molar-refractivity contribution in [1.29, 1.82) is 0 Å². The van der Waals surface area contributed by atoms with Crippen LogP contribution in [-0.2, 0) is 9.59 Å². The lowest BCUT2D eigenvalue weighted by Crippen LogP contribution is -2.24. The number of fused-ring (bicyclic) bond motifs is 1. The third-order valence-corrected chi connectivity index (χ3v) is 9.46. The fourth-order valence-corrected chi connectivity index (χ4v) is 7.08. The standard InChI is InChI=1S/C34H31N3O2S2/c38-32(25-13-5-2-6-14-25)35-28-16-9-17-29(21-28)41-31(24-11-3-1-4-12-24)33(39)37-34-36-30(22-40-34)27-19-18-23-10-7-8-15-26(23)20-27/h1,3-4,7-12,15-22,25,31H,2,5-6,13-14H2,(H,35,38)(H,36,37,39). The molecule has 1 unspecified atom stereocenters. The molecule has 7 heteroatoms. The molecule has 1 aromatic heterocycles. The van der Waals surface area contributed by atoms with Crippen molar-refractivity contribution in [3.63, 3.8) is 0 Å². The van der Waals surface area contributed by atoms with E-state index in [-0.39, 0.29) is 17.7 Å². The Hall–Kier alpha value is -3.94. The van der Waals surface area contributed by atoms with E-state index < -0.39 is 5.25 Å². The molecule has 2 amide bonds. The second kappa shape index (κ2) is 12.7. The van der Waals surface area contributed by atoms with Crippen LogP contribution in [0.2, 0.25) is 0 Å². The maximum Gasteiger partial charge on any atom is 0.244 e. The van der Waals surface area contributed by atoms with Crippen molar-refractivity contribution in [2.24, 2.45) is 5.92 Å². The zero-order valence-corrected chi connectivity index (χ0v) is 24.2. The van der Waals surface area contributed by atoms with Crippen LogP contribution in [0.4, 0.5) is 10.8 Å². The molecule has 1 saturated carbocycles. The Morgan fingerprint density at radius 1 is 0.805 bits per heavy atom. The molecule has 0 saturated heterocycles. The molecule has 1 fully saturated rings. The fraction of sp³-hybridized carbons (Fsp3) is 0.206. The third-order valence-electron chi connectivity index (χ3n) is 7.45. The van der Waals surface area contributed by atoms with Gasteiger partial charge in [0.2, 0.25) is 11.8 Å². The number of anilines is 2. The molecule has 1 aliphatic rings. The van der Waals surface area contributed by atoms with E-state index in [2.05, 4.69) is 41.0 Å². The Balaban J connectivity index is 1.18. The number of thioether (sulfide) groups is 1. The van der Waals surface area contributed by atoms with Gasteiger partial charge in [0.15, 0.2) is 5.13 Å². The van der Waals surface area contributed by atoms with Crippen LogP contribution in [0.25, 0.3) is 22.0 Å². The van der Waals surface area contributed by atoms with Crippen LogP contribution >= 0.6 is 23.1 Å². The molecule has 4 aromatic carbocycles. The minimum absolute atomic E-state index is 0.0840. The van der Waals surface area contributed by atoms with E-state index in [9.17, 15) is 9.59 Å². The summed E-state index contributed by atoms with van der Waals surface area (Å²) < 4.78 is 0. The van der Waals surface area contributed by atoms with Gasteiger partial charge < -0.3 is 10.6 Å². The molecule has 1 heterocycles. The Kier molecular flexibility index (Phi) is 8.44. The zero-order chi connectivity index (χ0) is 28.0. The van der Waals surface area contributed by atoms with Crippen molar-refractivity contribution in [1.82, 2.24) is 4.98 Å². The van der Waals surface area contributed by atoms with Crippen LogP contribution in [0.3, 0.4) is 0 Å². The van der Waals surface area contributed by atoms with Gasteiger partial charge in [-0.25, -0.2) is 4.98 Å². The lowest BCUT2D eigenvalue weighted by Gasteiger charge is -2.21. The third kappa shape index (κ3) is 6.69. The van der Waals surface area contributed by atoms with Crippen molar-refractivity contribution in [3.05, 3.63) is 108 Å². The van der Waals surface area contributed by atoms with Crippen LogP contribution in [0.5, 0.6) is 0 Å². The van der Waals surface area contributed by atoms with Gasteiger partial charge in [0.1, 0.15) is 5.25 Å². The van der Waals surface area contributed by atoms with E-state index in [0.717, 1.165) is 58.5 Å². The van der Waals surface area contributed by atoms with Crippen molar-refractivity contribution >= 4 is 56.5 Å². The number of rotatable bonds is 8. The SMILES string of the molecule is O=C(Nc1cccc(SC(C(=O)Nc2nc(-c3ccc4ccccc4c3)cs2)c2ccccc2)c1)C1CCCCC1. The summed E-state index contributed by atoms with van der Waals surface area (Å²) in [6.07, 6.45) is 5.35. The van der Waals surface area contributed by atoms with Gasteiger partial charge in [0, 0.05) is 27.4 Å². The summed E-state index contributed by atoms with van der Waals surface area (Å²) in [6, 6.07) is 32.0. The molecule has 2 N–H and O–H groups in total. The highest BCUT2D eigenvalue weighted by Crippen LogP contribution is 2.38. The number of aromatic nitrogens is 1. The minimum atomic E-state index is -0.492. The number of carbonyl (C=O) groups excluding carboxylic acids is 2. The second-order valence-corrected chi connectivity index (χ2v) is 12.4. The zero-order valence-electron chi connectivity index (χ0n) is 22.6. The Bertz CT molecular complexity index is 1660. The fourth-order valence-electron chi connectivity index (χ4n) is 5.28. The van der Waals surface area contributed by atoms with E-state index in [1.54, 1.807) is 0 Å². The summed E-state index contributed by atoms with van der Waals surface area (Å²) in [4.78, 5) is 32.1. The summed E-state index contributed by atoms with van der Waals surface area (Å²) >= 11 is 2.88. The van der Waals surface area contributed by atoms with Crippen LogP contribution in [0, 0.1) is 5.92 Å². The molecule has 0 aliphatic heterocycles. The first kappa shape index (κ1) is 27.2. The minimum Gasteiger partial charge on any atom is -0.326 e. The Morgan fingerprint density at radius 2 is 1.59 bits per heavy atom. The summed E-state index contributed by atoms with van der Waals surface area (Å²) in [7, 11) is 0. The van der Waals surface area contributed by atoms with Gasteiger partial charge in [-0.15, -0.1) is 23.1 Å². The molecule has 0 spiro atoms. The Morgan fingerprint density at radius 3 is 2.41 bits per heavy atom. The maximum absolute atomic E-state index is 13.7. The van der Waals surface area contributed by atoms with Crippen LogP contribution in [-0.4, -0.2) is 16.8 Å². The molecule has 1 atom stereocenters. The molecule has 206 valence electrons. The molecule has 5 nitrogen and oxygen atoms in total. The van der Waals surface area contributed by atoms with E-state index in [0.29, 0.717) is 5.13 Å². The highest BCUT2D eigenvalue weighted by Gasteiger charge is 2.24. The summed E-state index contributed by atoms with van der Waals surface area (Å²) in [6.45, 7) is 0. The first-order chi connectivity index (χ1) is 20.1. The molecular weight excluding hydrogens is 547 g/mol. The van der Waals surface area contributed by atoms with Gasteiger partial charge in [-0.1, -0.05) is 92.1 Å². The lowest BCUT2D eigenvalue weighted by molar-refractivity contribution is -0.120. The largest absolute Gasteiger partial charge is 0.326 e. The highest BCUT2D eigenvalue weighted by molar-refractivity contribution is 8.00.